The van der Waals surface area contributed by atoms with Crippen LogP contribution in [0.1, 0.15) is 0 Å². The van der Waals surface area contributed by atoms with Crippen LogP contribution in [-0.2, 0) is 9.63 Å². The molecule has 56 valence electrons. The van der Waals surface area contributed by atoms with Gasteiger partial charge in [0.1, 0.15) is 6.29 Å². The van der Waals surface area contributed by atoms with Crippen molar-refractivity contribution in [1.82, 2.24) is 0 Å². The molecular weight excluding hydrogens is 142 g/mol. The lowest BCUT2D eigenvalue weighted by molar-refractivity contribution is -0.104. The van der Waals surface area contributed by atoms with Crippen molar-refractivity contribution >= 4 is 12.5 Å². The number of nitrogens with zero attached hydrogens (tertiary/aromatic N) is 1. The quantitative estimate of drug-likeness (QED) is 0.514. The van der Waals surface area contributed by atoms with E-state index in [2.05, 4.69) is 5.16 Å². The molecule has 0 amide bonds. The fourth-order valence-corrected chi connectivity index (χ4v) is 1.18. The van der Waals surface area contributed by atoms with Crippen LogP contribution in [-0.4, -0.2) is 18.6 Å². The molecule has 0 bridgehead atoms. The molecule has 11 heavy (non-hydrogen) atoms. The summed E-state index contributed by atoms with van der Waals surface area (Å²) < 4.78 is 0. The molecule has 3 nitrogen and oxygen atoms in total. The van der Waals surface area contributed by atoms with E-state index in [0.717, 1.165) is 6.29 Å². The summed E-state index contributed by atoms with van der Waals surface area (Å²) in [6.07, 6.45) is 7.98. The summed E-state index contributed by atoms with van der Waals surface area (Å²) in [5.41, 5.74) is 0.664. The molecule has 0 N–H and O–H groups in total. The van der Waals surface area contributed by atoms with Gasteiger partial charge in [0.05, 0.1) is 12.1 Å². The van der Waals surface area contributed by atoms with E-state index < -0.39 is 0 Å². The van der Waals surface area contributed by atoms with Crippen molar-refractivity contribution in [3.63, 3.8) is 0 Å². The lowest BCUT2D eigenvalue weighted by Crippen LogP contribution is -2.17. The van der Waals surface area contributed by atoms with Crippen molar-refractivity contribution < 1.29 is 9.63 Å². The Morgan fingerprint density at radius 2 is 2.55 bits per heavy atom. The summed E-state index contributed by atoms with van der Waals surface area (Å²) in [5.74, 6) is 0.221. The molecule has 2 atom stereocenters. The molecule has 2 aliphatic rings. The van der Waals surface area contributed by atoms with Crippen LogP contribution in [0.3, 0.4) is 0 Å². The van der Waals surface area contributed by atoms with Crippen LogP contribution in [0, 0.1) is 5.92 Å². The molecular formula is C8H7NO2. The second kappa shape index (κ2) is 2.34. The number of aldehydes is 1. The Balaban J connectivity index is 2.24. The minimum Gasteiger partial charge on any atom is -0.388 e. The number of fused-ring (bicyclic) bond motifs is 1. The van der Waals surface area contributed by atoms with Crippen LogP contribution < -0.4 is 0 Å². The Morgan fingerprint density at radius 3 is 3.36 bits per heavy atom. The molecule has 2 rings (SSSR count). The number of rotatable bonds is 1. The van der Waals surface area contributed by atoms with Crippen LogP contribution in [0.4, 0.5) is 0 Å². The third-order valence-electron chi connectivity index (χ3n) is 1.80. The van der Waals surface area contributed by atoms with Crippen LogP contribution in [0.2, 0.25) is 0 Å². The number of allylic oxidation sites excluding steroid dienone is 2. The number of oxime groups is 1. The fraction of sp³-hybridized carbons (Fsp3) is 0.250. The van der Waals surface area contributed by atoms with Gasteiger partial charge in [-0.1, -0.05) is 17.3 Å². The predicted octanol–water partition coefficient (Wildman–Crippen LogP) is 0.682. The van der Waals surface area contributed by atoms with Gasteiger partial charge in [0.15, 0.2) is 6.10 Å². The van der Waals surface area contributed by atoms with Crippen molar-refractivity contribution in [3.05, 3.63) is 23.8 Å². The summed E-state index contributed by atoms with van der Waals surface area (Å²) in [4.78, 5) is 15.3. The molecule has 0 aromatic heterocycles. The Labute approximate surface area is 64.0 Å². The number of carbonyl (C=O) groups is 1. The molecule has 1 heterocycles. The van der Waals surface area contributed by atoms with Crippen LogP contribution >= 0.6 is 0 Å². The first-order chi connectivity index (χ1) is 5.40. The van der Waals surface area contributed by atoms with Gasteiger partial charge in [0.2, 0.25) is 0 Å². The van der Waals surface area contributed by atoms with Gasteiger partial charge in [-0.3, -0.25) is 4.79 Å². The molecule has 0 saturated carbocycles. The van der Waals surface area contributed by atoms with Crippen LogP contribution in [0.15, 0.2) is 29.0 Å². The molecule has 0 radical (unpaired) electrons. The Morgan fingerprint density at radius 1 is 1.64 bits per heavy atom. The smallest absolute Gasteiger partial charge is 0.158 e. The minimum atomic E-state index is -0.0554. The Hall–Kier alpha value is -1.38. The van der Waals surface area contributed by atoms with E-state index in [-0.39, 0.29) is 12.0 Å². The van der Waals surface area contributed by atoms with Gasteiger partial charge in [-0.15, -0.1) is 0 Å². The normalized spacial score (nSPS) is 32.5. The third kappa shape index (κ3) is 0.981. The fourth-order valence-electron chi connectivity index (χ4n) is 1.18. The van der Waals surface area contributed by atoms with Crippen molar-refractivity contribution in [2.24, 2.45) is 11.1 Å². The maximum absolute atomic E-state index is 10.3. The summed E-state index contributed by atoms with van der Waals surface area (Å²) in [7, 11) is 0. The SMILES string of the molecule is O=CC1=CC2ON=CC2C=C1. The monoisotopic (exact) mass is 149 g/mol. The van der Waals surface area contributed by atoms with Crippen molar-refractivity contribution in [2.45, 2.75) is 6.10 Å². The second-order valence-electron chi connectivity index (χ2n) is 2.55. The van der Waals surface area contributed by atoms with Crippen molar-refractivity contribution in [2.75, 3.05) is 0 Å². The molecule has 1 aliphatic heterocycles. The van der Waals surface area contributed by atoms with Gasteiger partial charge in [0, 0.05) is 5.57 Å². The molecule has 1 aliphatic carbocycles. The maximum Gasteiger partial charge on any atom is 0.158 e. The molecule has 0 fully saturated rings. The molecule has 0 saturated heterocycles. The molecule has 0 spiro atoms. The van der Waals surface area contributed by atoms with E-state index in [0.29, 0.717) is 5.57 Å². The van der Waals surface area contributed by atoms with E-state index in [1.165, 1.54) is 0 Å². The average Bonchev–Trinajstić information content (AvgIpc) is 2.50. The highest BCUT2D eigenvalue weighted by Gasteiger charge is 2.24. The number of carbonyl (C=O) groups excluding carboxylic acids is 1. The highest BCUT2D eigenvalue weighted by molar-refractivity contribution is 5.80. The van der Waals surface area contributed by atoms with E-state index in [1.54, 1.807) is 18.4 Å². The van der Waals surface area contributed by atoms with Gasteiger partial charge in [-0.25, -0.2) is 0 Å². The lowest BCUT2D eigenvalue weighted by atomic mass is 9.96. The maximum atomic E-state index is 10.3. The van der Waals surface area contributed by atoms with Gasteiger partial charge >= 0.3 is 0 Å². The van der Waals surface area contributed by atoms with Gasteiger partial charge < -0.3 is 4.84 Å². The average molecular weight is 149 g/mol. The molecule has 3 heteroatoms. The van der Waals surface area contributed by atoms with Gasteiger partial charge in [-0.2, -0.15) is 0 Å². The molecule has 0 aromatic carbocycles. The zero-order valence-corrected chi connectivity index (χ0v) is 5.81. The summed E-state index contributed by atoms with van der Waals surface area (Å²) in [5, 5.41) is 3.66. The zero-order valence-electron chi connectivity index (χ0n) is 5.81. The molecule has 2 unspecified atom stereocenters. The van der Waals surface area contributed by atoms with Gasteiger partial charge in [-0.05, 0) is 6.08 Å². The predicted molar refractivity (Wildman–Crippen MR) is 40.1 cm³/mol. The lowest BCUT2D eigenvalue weighted by Gasteiger charge is -2.12. The first-order valence-electron chi connectivity index (χ1n) is 3.44. The summed E-state index contributed by atoms with van der Waals surface area (Å²) >= 11 is 0. The van der Waals surface area contributed by atoms with Crippen molar-refractivity contribution in [1.29, 1.82) is 0 Å². The first kappa shape index (κ1) is 6.34. The Kier molecular flexibility index (Phi) is 1.35. The second-order valence-corrected chi connectivity index (χ2v) is 2.55. The van der Waals surface area contributed by atoms with Gasteiger partial charge in [0.25, 0.3) is 0 Å². The van der Waals surface area contributed by atoms with E-state index in [1.807, 2.05) is 6.08 Å². The standard InChI is InChI=1S/C8H7NO2/c10-5-6-1-2-7-4-9-11-8(7)3-6/h1-5,7-8H. The van der Waals surface area contributed by atoms with E-state index in [9.17, 15) is 4.79 Å². The highest BCUT2D eigenvalue weighted by atomic mass is 16.6. The van der Waals surface area contributed by atoms with E-state index in [4.69, 9.17) is 4.84 Å². The number of hydrogen-bond acceptors (Lipinski definition) is 3. The largest absolute Gasteiger partial charge is 0.388 e. The Bertz CT molecular complexity index is 265. The number of hydrogen-bond donors (Lipinski definition) is 0. The van der Waals surface area contributed by atoms with Crippen molar-refractivity contribution in [3.8, 4) is 0 Å². The summed E-state index contributed by atoms with van der Waals surface area (Å²) in [6.45, 7) is 0. The van der Waals surface area contributed by atoms with E-state index >= 15 is 0 Å². The zero-order chi connectivity index (χ0) is 7.68. The topological polar surface area (TPSA) is 38.7 Å². The van der Waals surface area contributed by atoms with Crippen LogP contribution in [0.5, 0.6) is 0 Å². The highest BCUT2D eigenvalue weighted by Crippen LogP contribution is 2.21. The molecule has 0 aromatic rings. The first-order valence-corrected chi connectivity index (χ1v) is 3.44. The minimum absolute atomic E-state index is 0.0554. The summed E-state index contributed by atoms with van der Waals surface area (Å²) in [6, 6.07) is 0. The third-order valence-corrected chi connectivity index (χ3v) is 1.80. The van der Waals surface area contributed by atoms with Crippen LogP contribution in [0.25, 0.3) is 0 Å².